The number of hydrogen-bond donors (Lipinski definition) is 0. The van der Waals surface area contributed by atoms with Crippen LogP contribution in [-0.2, 0) is 27.8 Å². The van der Waals surface area contributed by atoms with Gasteiger partial charge in [-0.1, -0.05) is 0 Å². The standard InChI is InChI=1S/C8H16O8P2.2Na/c1-15-18(14,16-2)8(10)6-4-3-5-7(9)17(11,12)13;;/h3-6H2,1-2H3,(H2,11,12,13);;/q;2*+1/p-2. The van der Waals surface area contributed by atoms with E-state index in [4.69, 9.17) is 0 Å². The van der Waals surface area contributed by atoms with Crippen LogP contribution in [0.1, 0.15) is 25.7 Å². The molecule has 8 nitrogen and oxygen atoms in total. The van der Waals surface area contributed by atoms with Gasteiger partial charge in [-0.2, -0.15) is 0 Å². The third kappa shape index (κ3) is 9.62. The Morgan fingerprint density at radius 2 is 1.25 bits per heavy atom. The zero-order valence-electron chi connectivity index (χ0n) is 12.0. The molecule has 0 N–H and O–H groups in total. The van der Waals surface area contributed by atoms with E-state index in [0.29, 0.717) is 0 Å². The predicted octanol–water partition coefficient (Wildman–Crippen LogP) is -5.99. The van der Waals surface area contributed by atoms with Gasteiger partial charge in [0.05, 0.1) is 0 Å². The Morgan fingerprint density at radius 1 is 0.900 bits per heavy atom. The Bertz CT molecular complexity index is 399. The molecule has 0 atom stereocenters. The van der Waals surface area contributed by atoms with Crippen molar-refractivity contribution in [3.8, 4) is 0 Å². The van der Waals surface area contributed by atoms with Gasteiger partial charge in [-0.25, -0.2) is 0 Å². The molecule has 0 fully saturated rings. The van der Waals surface area contributed by atoms with Crippen LogP contribution in [0.4, 0.5) is 0 Å². The van der Waals surface area contributed by atoms with Crippen LogP contribution in [0.5, 0.6) is 0 Å². The van der Waals surface area contributed by atoms with Crippen molar-refractivity contribution in [3.63, 3.8) is 0 Å². The van der Waals surface area contributed by atoms with E-state index in [1.54, 1.807) is 0 Å². The summed E-state index contributed by atoms with van der Waals surface area (Å²) in [6.07, 6.45) is -0.496. The van der Waals surface area contributed by atoms with Crippen molar-refractivity contribution >= 4 is 26.2 Å². The van der Waals surface area contributed by atoms with E-state index >= 15 is 0 Å². The number of rotatable bonds is 9. The second-order valence-electron chi connectivity index (χ2n) is 3.35. The largest absolute Gasteiger partial charge is 1.00 e. The monoisotopic (exact) mass is 346 g/mol. The zero-order chi connectivity index (χ0) is 14.4. The summed E-state index contributed by atoms with van der Waals surface area (Å²) in [6, 6.07) is 0. The minimum atomic E-state index is -5.19. The second kappa shape index (κ2) is 12.1. The third-order valence-corrected chi connectivity index (χ3v) is 4.75. The summed E-state index contributed by atoms with van der Waals surface area (Å²) in [5.74, 6) is 0. The zero-order valence-corrected chi connectivity index (χ0v) is 17.8. The molecule has 0 amide bonds. The fourth-order valence-corrected chi connectivity index (χ4v) is 2.52. The molecule has 0 aromatic carbocycles. The Morgan fingerprint density at radius 3 is 1.55 bits per heavy atom. The summed E-state index contributed by atoms with van der Waals surface area (Å²) in [4.78, 5) is 42.7. The Labute approximate surface area is 161 Å². The van der Waals surface area contributed by atoms with Crippen molar-refractivity contribution in [2.45, 2.75) is 25.7 Å². The van der Waals surface area contributed by atoms with Gasteiger partial charge in [-0.05, 0) is 12.8 Å². The van der Waals surface area contributed by atoms with Crippen LogP contribution >= 0.6 is 15.2 Å². The molecule has 0 unspecified atom stereocenters. The topological polar surface area (TPSA) is 133 Å². The molecule has 0 spiro atoms. The van der Waals surface area contributed by atoms with Gasteiger partial charge in [-0.3, -0.25) is 14.2 Å². The van der Waals surface area contributed by atoms with E-state index in [0.717, 1.165) is 14.2 Å². The molecular weight excluding hydrogens is 332 g/mol. The van der Waals surface area contributed by atoms with E-state index in [9.17, 15) is 28.5 Å². The molecule has 106 valence electrons. The molecular formula is C8H14Na2O8P2. The van der Waals surface area contributed by atoms with E-state index in [2.05, 4.69) is 9.05 Å². The summed E-state index contributed by atoms with van der Waals surface area (Å²) in [5.41, 5.74) is -2.15. The number of carbonyl (C=O) groups is 2. The van der Waals surface area contributed by atoms with Crippen molar-refractivity contribution in [1.82, 2.24) is 0 Å². The van der Waals surface area contributed by atoms with Gasteiger partial charge in [0, 0.05) is 34.7 Å². The Hall–Kier alpha value is 1.64. The van der Waals surface area contributed by atoms with Crippen LogP contribution < -0.4 is 68.9 Å². The van der Waals surface area contributed by atoms with Gasteiger partial charge in [0.1, 0.15) is 0 Å². The van der Waals surface area contributed by atoms with E-state index in [-0.39, 0.29) is 78.4 Å². The maximum Gasteiger partial charge on any atom is 1.00 e. The second-order valence-corrected chi connectivity index (χ2v) is 7.07. The summed E-state index contributed by atoms with van der Waals surface area (Å²) in [5, 5.41) is 0. The van der Waals surface area contributed by atoms with Gasteiger partial charge in [0.2, 0.25) is 5.52 Å². The van der Waals surface area contributed by atoms with Crippen molar-refractivity contribution in [2.75, 3.05) is 14.2 Å². The fourth-order valence-electron chi connectivity index (χ4n) is 1.10. The van der Waals surface area contributed by atoms with Crippen LogP contribution in [-0.4, -0.2) is 25.3 Å². The Balaban J connectivity index is -0.00000144. The maximum atomic E-state index is 11.5. The van der Waals surface area contributed by atoms with E-state index < -0.39 is 32.7 Å². The average Bonchev–Trinajstić information content (AvgIpc) is 2.31. The molecule has 0 saturated carbocycles. The molecule has 20 heavy (non-hydrogen) atoms. The maximum absolute atomic E-state index is 11.5. The molecule has 0 bridgehead atoms. The Kier molecular flexibility index (Phi) is 16.1. The molecule has 0 aromatic rings. The molecule has 0 aliphatic heterocycles. The first-order valence-electron chi connectivity index (χ1n) is 4.97. The van der Waals surface area contributed by atoms with Gasteiger partial charge in [-0.15, -0.1) is 0 Å². The quantitative estimate of drug-likeness (QED) is 0.229. The molecule has 0 aliphatic rings. The molecule has 0 aromatic heterocycles. The normalized spacial score (nSPS) is 11.2. The predicted molar refractivity (Wildman–Crippen MR) is 57.7 cm³/mol. The molecule has 12 heteroatoms. The summed E-state index contributed by atoms with van der Waals surface area (Å²) in [6.45, 7) is 0. The smallest absolute Gasteiger partial charge is 0.805 e. The van der Waals surface area contributed by atoms with Crippen molar-refractivity contribution in [3.05, 3.63) is 0 Å². The number of unbranched alkanes of at least 4 members (excludes halogenated alkanes) is 1. The van der Waals surface area contributed by atoms with E-state index in [1.807, 2.05) is 0 Å². The van der Waals surface area contributed by atoms with Gasteiger partial charge >= 0.3 is 66.7 Å². The average molecular weight is 346 g/mol. The van der Waals surface area contributed by atoms with Crippen molar-refractivity contribution in [2.24, 2.45) is 0 Å². The van der Waals surface area contributed by atoms with E-state index in [1.165, 1.54) is 0 Å². The number of carbonyl (C=O) groups excluding carboxylic acids is 2. The summed E-state index contributed by atoms with van der Waals surface area (Å²) >= 11 is 0. The molecule has 0 aliphatic carbocycles. The molecule has 0 radical (unpaired) electrons. The first kappa shape index (κ1) is 26.5. The van der Waals surface area contributed by atoms with Crippen LogP contribution in [0, 0.1) is 0 Å². The first-order chi connectivity index (χ1) is 8.17. The first-order valence-corrected chi connectivity index (χ1v) is 8.06. The molecule has 0 saturated heterocycles. The van der Waals surface area contributed by atoms with Gasteiger partial charge in [0.15, 0.2) is 5.52 Å². The van der Waals surface area contributed by atoms with Crippen LogP contribution in [0.25, 0.3) is 0 Å². The summed E-state index contributed by atoms with van der Waals surface area (Å²) in [7, 11) is -6.83. The van der Waals surface area contributed by atoms with Crippen molar-refractivity contribution < 1.29 is 96.7 Å². The van der Waals surface area contributed by atoms with Gasteiger partial charge in [0.25, 0.3) is 0 Å². The third-order valence-electron chi connectivity index (χ3n) is 2.12. The molecule has 0 rings (SSSR count). The van der Waals surface area contributed by atoms with Crippen molar-refractivity contribution in [1.29, 1.82) is 0 Å². The minimum Gasteiger partial charge on any atom is -0.805 e. The van der Waals surface area contributed by atoms with Crippen LogP contribution in [0.2, 0.25) is 0 Å². The SMILES string of the molecule is COP(=O)(OC)C(=O)CCCCC(=O)P(=O)([O-])[O-].[Na+].[Na+]. The summed E-state index contributed by atoms with van der Waals surface area (Å²) < 4.78 is 30.7. The van der Waals surface area contributed by atoms with Gasteiger partial charge < -0.3 is 23.4 Å². The number of hydrogen-bond acceptors (Lipinski definition) is 8. The van der Waals surface area contributed by atoms with Crippen LogP contribution in [0.3, 0.4) is 0 Å². The van der Waals surface area contributed by atoms with Crippen LogP contribution in [0.15, 0.2) is 0 Å². The molecule has 0 heterocycles. The fraction of sp³-hybridized carbons (Fsp3) is 0.750. The minimum absolute atomic E-state index is 0.